The Bertz CT molecular complexity index is 733. The minimum atomic E-state index is 0. The number of hydrogen-bond donors (Lipinski definition) is 1. The van der Waals surface area contributed by atoms with Crippen LogP contribution in [-0.4, -0.2) is 12.2 Å². The predicted octanol–water partition coefficient (Wildman–Crippen LogP) is 0.244. The van der Waals surface area contributed by atoms with Gasteiger partial charge < -0.3 is 35.8 Å². The van der Waals surface area contributed by atoms with Crippen LogP contribution in [0.25, 0.3) is 16.3 Å². The molecule has 1 aliphatic rings. The first-order chi connectivity index (χ1) is 11.4. The summed E-state index contributed by atoms with van der Waals surface area (Å²) < 4.78 is 0. The van der Waals surface area contributed by atoms with Gasteiger partial charge in [-0.3, -0.25) is 0 Å². The van der Waals surface area contributed by atoms with Crippen molar-refractivity contribution in [1.29, 1.82) is 0 Å². The van der Waals surface area contributed by atoms with E-state index < -0.39 is 0 Å². The van der Waals surface area contributed by atoms with E-state index in [0.717, 1.165) is 7.11 Å². The molecule has 0 amide bonds. The summed E-state index contributed by atoms with van der Waals surface area (Å²) in [6.45, 7) is 12.9. The Morgan fingerprint density at radius 3 is 1.93 bits per heavy atom. The third kappa shape index (κ3) is 8.98. The number of aliphatic hydroxyl groups excluding tert-OH is 1. The van der Waals surface area contributed by atoms with Crippen molar-refractivity contribution in [3.63, 3.8) is 0 Å². The van der Waals surface area contributed by atoms with Gasteiger partial charge in [0.05, 0.1) is 0 Å². The van der Waals surface area contributed by atoms with E-state index in [1.165, 1.54) is 39.0 Å². The van der Waals surface area contributed by atoms with Gasteiger partial charge in [-0.05, 0) is 19.8 Å². The molecule has 0 saturated heterocycles. The van der Waals surface area contributed by atoms with E-state index in [-0.39, 0.29) is 46.5 Å². The Balaban J connectivity index is -0.000000574. The van der Waals surface area contributed by atoms with Crippen molar-refractivity contribution < 1.29 is 51.6 Å². The first-order valence-corrected chi connectivity index (χ1v) is 8.42. The van der Waals surface area contributed by atoms with Gasteiger partial charge in [0.2, 0.25) is 0 Å². The molecule has 0 saturated carbocycles. The van der Waals surface area contributed by atoms with Crippen LogP contribution in [0.1, 0.15) is 47.1 Å². The summed E-state index contributed by atoms with van der Waals surface area (Å²) in [5.41, 5.74) is 5.48. The second-order valence-corrected chi connectivity index (χ2v) is 6.64. The quantitative estimate of drug-likeness (QED) is 0.497. The van der Waals surface area contributed by atoms with Gasteiger partial charge in [-0.25, -0.2) is 0 Å². The zero-order chi connectivity index (χ0) is 18.3. The fourth-order valence-corrected chi connectivity index (χ4v) is 2.86. The molecule has 1 aliphatic carbocycles. The van der Waals surface area contributed by atoms with Gasteiger partial charge in [0.25, 0.3) is 0 Å². The number of hydrogen-bond acceptors (Lipinski definition) is 1. The maximum absolute atomic E-state index is 7.00. The summed E-state index contributed by atoms with van der Waals surface area (Å²) >= 11 is 0. The third-order valence-corrected chi connectivity index (χ3v) is 3.90. The van der Waals surface area contributed by atoms with Crippen molar-refractivity contribution in [2.45, 2.75) is 41.5 Å². The van der Waals surface area contributed by atoms with Gasteiger partial charge in [-0.15, -0.1) is 35.2 Å². The molecule has 0 radical (unpaired) electrons. The van der Waals surface area contributed by atoms with Crippen molar-refractivity contribution in [3.8, 4) is 0 Å². The largest absolute Gasteiger partial charge is 4.00 e. The van der Waals surface area contributed by atoms with Gasteiger partial charge in [0.1, 0.15) is 0 Å². The van der Waals surface area contributed by atoms with E-state index in [1.807, 2.05) is 0 Å². The number of allylic oxidation sites excluding steroid dienone is 4. The maximum Gasteiger partial charge on any atom is 4.00 e. The van der Waals surface area contributed by atoms with E-state index in [0.29, 0.717) is 5.92 Å². The smallest absolute Gasteiger partial charge is 1.00 e. The Labute approximate surface area is 193 Å². The normalized spacial score (nSPS) is 14.6. The molecular formula is C23H30Cl2OTi. The summed E-state index contributed by atoms with van der Waals surface area (Å²) in [6, 6.07) is 16.4. The van der Waals surface area contributed by atoms with Crippen molar-refractivity contribution in [3.05, 3.63) is 71.2 Å². The Morgan fingerprint density at radius 1 is 0.926 bits per heavy atom. The number of fused-ring (bicyclic) bond motifs is 1. The molecule has 0 aliphatic heterocycles. The molecule has 1 N–H and O–H groups in total. The van der Waals surface area contributed by atoms with Crippen LogP contribution in [0.5, 0.6) is 0 Å². The molecule has 0 fully saturated rings. The molecule has 2 aromatic carbocycles. The monoisotopic (exact) mass is 440 g/mol. The molecule has 4 heteroatoms. The van der Waals surface area contributed by atoms with Gasteiger partial charge in [-0.1, -0.05) is 53.3 Å². The molecule has 3 rings (SSSR count). The minimum absolute atomic E-state index is 0. The molecule has 146 valence electrons. The fourth-order valence-electron chi connectivity index (χ4n) is 2.86. The summed E-state index contributed by atoms with van der Waals surface area (Å²) in [5, 5.41) is 9.46. The van der Waals surface area contributed by atoms with Crippen LogP contribution >= 0.6 is 0 Å². The van der Waals surface area contributed by atoms with Gasteiger partial charge in [-0.2, -0.15) is 20.8 Å². The van der Waals surface area contributed by atoms with Gasteiger partial charge in [0, 0.05) is 7.11 Å². The van der Waals surface area contributed by atoms with Crippen LogP contribution < -0.4 is 24.8 Å². The summed E-state index contributed by atoms with van der Waals surface area (Å²) in [4.78, 5) is 0. The molecular weight excluding hydrogens is 411 g/mol. The molecule has 1 atom stereocenters. The van der Waals surface area contributed by atoms with E-state index >= 15 is 0 Å². The van der Waals surface area contributed by atoms with E-state index in [4.69, 9.17) is 5.11 Å². The Kier molecular flexibility index (Phi) is 17.7. The molecule has 0 spiro atoms. The average Bonchev–Trinajstić information content (AvgIpc) is 2.81. The summed E-state index contributed by atoms with van der Waals surface area (Å²) in [5.74, 6) is 1.92. The zero-order valence-electron chi connectivity index (χ0n) is 17.3. The van der Waals surface area contributed by atoms with Crippen LogP contribution in [0.15, 0.2) is 53.6 Å². The first kappa shape index (κ1) is 31.1. The number of benzene rings is 2. The molecule has 1 nitrogen and oxygen atoms in total. The van der Waals surface area contributed by atoms with Gasteiger partial charge >= 0.3 is 21.7 Å². The minimum Gasteiger partial charge on any atom is -1.00 e. The topological polar surface area (TPSA) is 20.2 Å². The van der Waals surface area contributed by atoms with Crippen LogP contribution in [0, 0.1) is 17.9 Å². The molecule has 0 heterocycles. The fraction of sp³-hybridized carbons (Fsp3) is 0.348. The standard InChI is InChI=1S/C18H17.C4H9.CH4O.2ClH.Ti/c1-12-10-13(2)18(14(12)3)17-9-8-15-6-4-5-7-16(15)11-17;1-4(2)3;1-2;;;/h4-10,13H,1-3H3;1-3H3;2H,1H3;2*1H;/q2*-1;;;;+4/p-2. The molecule has 2 aromatic rings. The van der Waals surface area contributed by atoms with E-state index in [9.17, 15) is 0 Å². The maximum atomic E-state index is 7.00. The summed E-state index contributed by atoms with van der Waals surface area (Å²) in [6.07, 6.45) is 2.34. The second kappa shape index (κ2) is 15.4. The molecule has 27 heavy (non-hydrogen) atoms. The Hall–Kier alpha value is -0.566. The van der Waals surface area contributed by atoms with Crippen molar-refractivity contribution in [2.24, 2.45) is 5.92 Å². The van der Waals surface area contributed by atoms with E-state index in [2.05, 4.69) is 90.1 Å². The first-order valence-electron chi connectivity index (χ1n) is 8.42. The van der Waals surface area contributed by atoms with Gasteiger partial charge in [0.15, 0.2) is 0 Å². The van der Waals surface area contributed by atoms with Crippen LogP contribution in [0.2, 0.25) is 0 Å². The van der Waals surface area contributed by atoms with E-state index in [1.54, 1.807) is 0 Å². The average molecular weight is 441 g/mol. The molecule has 0 bridgehead atoms. The number of rotatable bonds is 1. The third-order valence-electron chi connectivity index (χ3n) is 3.90. The van der Waals surface area contributed by atoms with Crippen LogP contribution in [0.4, 0.5) is 0 Å². The second-order valence-electron chi connectivity index (χ2n) is 6.64. The van der Waals surface area contributed by atoms with Crippen molar-refractivity contribution >= 4 is 16.3 Å². The predicted molar refractivity (Wildman–Crippen MR) is 107 cm³/mol. The zero-order valence-corrected chi connectivity index (χ0v) is 20.4. The Morgan fingerprint density at radius 2 is 1.44 bits per heavy atom. The molecule has 0 aromatic heterocycles. The van der Waals surface area contributed by atoms with Crippen molar-refractivity contribution in [1.82, 2.24) is 0 Å². The van der Waals surface area contributed by atoms with Crippen molar-refractivity contribution in [2.75, 3.05) is 7.11 Å². The summed E-state index contributed by atoms with van der Waals surface area (Å²) in [7, 11) is 1.00. The molecule has 1 unspecified atom stereocenters. The SMILES string of the molecule is CC1=CC(C)C(c2[c-]c3ccccc3cc2)=C1C.CO.C[C-](C)C.[Cl-].[Cl-].[Ti+4]. The number of halogens is 2. The van der Waals surface area contributed by atoms with Crippen LogP contribution in [-0.2, 0) is 21.7 Å². The van der Waals surface area contributed by atoms with Crippen LogP contribution in [0.3, 0.4) is 0 Å². The number of aliphatic hydroxyl groups is 1.